The Morgan fingerprint density at radius 1 is 1.23 bits per heavy atom. The summed E-state index contributed by atoms with van der Waals surface area (Å²) in [5.74, 6) is 0.993. The second-order valence-electron chi connectivity index (χ2n) is 7.93. The first-order valence-corrected chi connectivity index (χ1v) is 12.3. The van der Waals surface area contributed by atoms with Crippen molar-refractivity contribution in [3.63, 3.8) is 0 Å². The molecule has 1 saturated carbocycles. The molecule has 164 valence electrons. The molecule has 3 aromatic rings. The number of amides is 1. The fourth-order valence-electron chi connectivity index (χ4n) is 4.00. The Labute approximate surface area is 181 Å². The van der Waals surface area contributed by atoms with Crippen LogP contribution in [0.25, 0.3) is 11.3 Å². The summed E-state index contributed by atoms with van der Waals surface area (Å²) in [5, 5.41) is 7.51. The van der Waals surface area contributed by atoms with Crippen molar-refractivity contribution in [1.29, 1.82) is 0 Å². The highest BCUT2D eigenvalue weighted by atomic mass is 32.2. The number of rotatable bonds is 7. The molecule has 2 aromatic heterocycles. The zero-order valence-corrected chi connectivity index (χ0v) is 18.2. The molecule has 0 unspecified atom stereocenters. The van der Waals surface area contributed by atoms with Crippen molar-refractivity contribution in [2.24, 2.45) is 0 Å². The average molecular weight is 443 g/mol. The van der Waals surface area contributed by atoms with Crippen LogP contribution in [0.5, 0.6) is 0 Å². The maximum absolute atomic E-state index is 12.5. The van der Waals surface area contributed by atoms with Gasteiger partial charge in [0.1, 0.15) is 0 Å². The molecule has 1 aliphatic rings. The van der Waals surface area contributed by atoms with E-state index in [1.807, 2.05) is 16.9 Å². The van der Waals surface area contributed by atoms with Gasteiger partial charge in [0.05, 0.1) is 23.2 Å². The van der Waals surface area contributed by atoms with Crippen LogP contribution in [0, 0.1) is 0 Å². The number of carbonyl (C=O) groups is 1. The minimum Gasteiger partial charge on any atom is -0.441 e. The van der Waals surface area contributed by atoms with E-state index < -0.39 is 9.84 Å². The number of hydrogen-bond donors (Lipinski definition) is 1. The largest absolute Gasteiger partial charge is 0.441 e. The normalized spacial score (nSPS) is 19.3. The first-order chi connectivity index (χ1) is 14.9. The summed E-state index contributed by atoms with van der Waals surface area (Å²) in [4.78, 5) is 17.1. The molecule has 8 nitrogen and oxygen atoms in total. The Balaban J connectivity index is 1.33. The molecule has 1 amide bonds. The first-order valence-electron chi connectivity index (χ1n) is 10.4. The average Bonchev–Trinajstić information content (AvgIpc) is 3.45. The lowest BCUT2D eigenvalue weighted by atomic mass is 9.90. The van der Waals surface area contributed by atoms with Crippen molar-refractivity contribution in [2.45, 2.75) is 55.5 Å². The quantitative estimate of drug-likeness (QED) is 0.602. The molecule has 31 heavy (non-hydrogen) atoms. The zero-order valence-electron chi connectivity index (χ0n) is 17.4. The second kappa shape index (κ2) is 9.05. The number of benzene rings is 1. The lowest BCUT2D eigenvalue weighted by Crippen LogP contribution is -2.43. The van der Waals surface area contributed by atoms with Crippen molar-refractivity contribution < 1.29 is 17.6 Å². The number of hydrogen-bond acceptors (Lipinski definition) is 6. The number of carbonyl (C=O) groups excluding carboxylic acids is 1. The van der Waals surface area contributed by atoms with E-state index in [4.69, 9.17) is 4.42 Å². The molecule has 1 fully saturated rings. The van der Waals surface area contributed by atoms with Crippen LogP contribution >= 0.6 is 0 Å². The summed E-state index contributed by atoms with van der Waals surface area (Å²) in [6.45, 7) is 0. The Morgan fingerprint density at radius 3 is 2.71 bits per heavy atom. The summed E-state index contributed by atoms with van der Waals surface area (Å²) in [6, 6.07) is 8.63. The highest BCUT2D eigenvalue weighted by Crippen LogP contribution is 2.28. The zero-order chi connectivity index (χ0) is 21.8. The van der Waals surface area contributed by atoms with Crippen LogP contribution in [0.3, 0.4) is 0 Å². The summed E-state index contributed by atoms with van der Waals surface area (Å²) < 4.78 is 30.9. The molecule has 2 atom stereocenters. The van der Waals surface area contributed by atoms with E-state index in [-0.39, 0.29) is 29.3 Å². The number of nitrogens with zero attached hydrogens (tertiary/aromatic N) is 3. The number of oxazole rings is 1. The van der Waals surface area contributed by atoms with Crippen LogP contribution in [0.4, 0.5) is 0 Å². The van der Waals surface area contributed by atoms with E-state index in [0.717, 1.165) is 31.2 Å². The van der Waals surface area contributed by atoms with Crippen LogP contribution in [0.2, 0.25) is 0 Å². The van der Waals surface area contributed by atoms with Gasteiger partial charge in [0.2, 0.25) is 5.91 Å². The molecule has 0 spiro atoms. The Bertz CT molecular complexity index is 1120. The molecular weight excluding hydrogens is 416 g/mol. The number of nitrogens with one attached hydrogen (secondary N) is 1. The predicted octanol–water partition coefficient (Wildman–Crippen LogP) is 3.17. The van der Waals surface area contributed by atoms with Crippen molar-refractivity contribution in [2.75, 3.05) is 6.26 Å². The standard InChI is InChI=1S/C22H26N4O4S/c1-31(28,29)17-9-7-16(8-10-17)20-15-23-22(30-20)12-11-21(27)25-18-5-2-3-6-19(18)26-14-4-13-24-26/h4,7-10,13-15,18-19H,2-3,5-6,11-12H2,1H3,(H,25,27)/t18-,19-/m1/s1. The highest BCUT2D eigenvalue weighted by Gasteiger charge is 2.28. The Morgan fingerprint density at radius 2 is 2.00 bits per heavy atom. The second-order valence-corrected chi connectivity index (χ2v) is 9.94. The molecule has 9 heteroatoms. The summed E-state index contributed by atoms with van der Waals surface area (Å²) in [5.41, 5.74) is 0.736. The molecule has 0 aliphatic heterocycles. The molecule has 1 N–H and O–H groups in total. The van der Waals surface area contributed by atoms with Gasteiger partial charge in [-0.3, -0.25) is 9.48 Å². The molecule has 0 bridgehead atoms. The van der Waals surface area contributed by atoms with E-state index in [1.54, 1.807) is 36.7 Å². The molecule has 1 aromatic carbocycles. The fourth-order valence-corrected chi connectivity index (χ4v) is 4.63. The van der Waals surface area contributed by atoms with Crippen molar-refractivity contribution in [3.8, 4) is 11.3 Å². The van der Waals surface area contributed by atoms with Crippen molar-refractivity contribution in [1.82, 2.24) is 20.1 Å². The Kier molecular flexibility index (Phi) is 6.22. The summed E-state index contributed by atoms with van der Waals surface area (Å²) >= 11 is 0. The molecule has 2 heterocycles. The van der Waals surface area contributed by atoms with E-state index in [0.29, 0.717) is 18.1 Å². The smallest absolute Gasteiger partial charge is 0.220 e. The number of sulfone groups is 1. The fraction of sp³-hybridized carbons (Fsp3) is 0.409. The van der Waals surface area contributed by atoms with E-state index >= 15 is 0 Å². The minimum absolute atomic E-state index is 0.0266. The molecule has 0 radical (unpaired) electrons. The molecule has 4 rings (SSSR count). The molecule has 1 aliphatic carbocycles. The van der Waals surface area contributed by atoms with Crippen molar-refractivity contribution >= 4 is 15.7 Å². The van der Waals surface area contributed by atoms with Crippen LogP contribution in [0.1, 0.15) is 44.0 Å². The summed E-state index contributed by atoms with van der Waals surface area (Å²) in [6.07, 6.45) is 11.4. The van der Waals surface area contributed by atoms with Gasteiger partial charge in [0.15, 0.2) is 21.5 Å². The van der Waals surface area contributed by atoms with Crippen LogP contribution < -0.4 is 5.32 Å². The van der Waals surface area contributed by atoms with Gasteiger partial charge in [-0.25, -0.2) is 13.4 Å². The predicted molar refractivity (Wildman–Crippen MR) is 115 cm³/mol. The van der Waals surface area contributed by atoms with Crippen LogP contribution in [-0.2, 0) is 21.1 Å². The topological polar surface area (TPSA) is 107 Å². The van der Waals surface area contributed by atoms with Crippen LogP contribution in [-0.4, -0.2) is 41.4 Å². The van der Waals surface area contributed by atoms with Gasteiger partial charge in [-0.15, -0.1) is 0 Å². The molecule has 0 saturated heterocycles. The first kappa shape index (κ1) is 21.3. The monoisotopic (exact) mass is 442 g/mol. The Hall–Kier alpha value is -2.94. The maximum Gasteiger partial charge on any atom is 0.220 e. The minimum atomic E-state index is -3.24. The lowest BCUT2D eigenvalue weighted by Gasteiger charge is -2.32. The SMILES string of the molecule is CS(=O)(=O)c1ccc(-c2cnc(CCC(=O)N[C@@H]3CCCC[C@H]3n3cccn3)o2)cc1. The van der Waals surface area contributed by atoms with Gasteiger partial charge in [-0.05, 0) is 43.2 Å². The van der Waals surface area contributed by atoms with E-state index in [9.17, 15) is 13.2 Å². The third-order valence-corrected chi connectivity index (χ3v) is 6.76. The van der Waals surface area contributed by atoms with Gasteiger partial charge >= 0.3 is 0 Å². The number of aromatic nitrogens is 3. The van der Waals surface area contributed by atoms with Gasteiger partial charge < -0.3 is 9.73 Å². The third kappa shape index (κ3) is 5.22. The lowest BCUT2D eigenvalue weighted by molar-refractivity contribution is -0.122. The van der Waals surface area contributed by atoms with Crippen LogP contribution in [0.15, 0.2) is 58.2 Å². The van der Waals surface area contributed by atoms with E-state index in [1.165, 1.54) is 6.26 Å². The van der Waals surface area contributed by atoms with Gasteiger partial charge in [0, 0.05) is 37.1 Å². The maximum atomic E-state index is 12.5. The molecular formula is C22H26N4O4S. The number of aryl methyl sites for hydroxylation is 1. The third-order valence-electron chi connectivity index (χ3n) is 5.63. The van der Waals surface area contributed by atoms with Gasteiger partial charge in [-0.2, -0.15) is 5.10 Å². The summed E-state index contributed by atoms with van der Waals surface area (Å²) in [7, 11) is -3.24. The van der Waals surface area contributed by atoms with Crippen molar-refractivity contribution in [3.05, 3.63) is 54.8 Å². The van der Waals surface area contributed by atoms with E-state index in [2.05, 4.69) is 15.4 Å². The highest BCUT2D eigenvalue weighted by molar-refractivity contribution is 7.90. The van der Waals surface area contributed by atoms with Gasteiger partial charge in [-0.1, -0.05) is 12.8 Å². The van der Waals surface area contributed by atoms with Gasteiger partial charge in [0.25, 0.3) is 0 Å².